The fourth-order valence-electron chi connectivity index (χ4n) is 8.55. The largest absolute Gasteiger partial charge is 0.274 e. The maximum atomic E-state index is 4.00. The molecule has 0 heterocycles. The van der Waals surface area contributed by atoms with E-state index in [0.717, 1.165) is 19.3 Å². The van der Waals surface area contributed by atoms with Gasteiger partial charge in [-0.05, 0) is 108 Å². The highest BCUT2D eigenvalue weighted by Gasteiger charge is 2.33. The molecule has 0 fully saturated rings. The van der Waals surface area contributed by atoms with Gasteiger partial charge in [-0.3, -0.25) is 11.7 Å². The Bertz CT molecular complexity index is 2320. The van der Waals surface area contributed by atoms with Gasteiger partial charge in [0, 0.05) is 11.8 Å². The molecule has 0 spiro atoms. The van der Waals surface area contributed by atoms with E-state index >= 15 is 0 Å². The standard InChI is InChI=1S/C48H38.3C2H6.H4N2/c1-2-39-42-29-28-37(31-45(42)48-44-23-12-10-21-41(44)40-20-9-11-22-43(40)47(39)48)36-18-13-19-38(30-36)46(34-16-7-4-8-17-34)35-26-24-33(25-27-35)32-14-5-3-6-15-32;4*1-2/h3-11,13-22,24-31,39,46H,2,12,23H2,1H3;3*1-2H3;1-2H2. The van der Waals surface area contributed by atoms with Crippen LogP contribution in [-0.2, 0) is 6.42 Å². The van der Waals surface area contributed by atoms with Gasteiger partial charge in [0.1, 0.15) is 0 Å². The highest BCUT2D eigenvalue weighted by atomic mass is 15.0. The van der Waals surface area contributed by atoms with Crippen molar-refractivity contribution in [3.63, 3.8) is 0 Å². The second kappa shape index (κ2) is 20.4. The van der Waals surface area contributed by atoms with E-state index in [1.54, 1.807) is 5.56 Å². The third-order valence-electron chi connectivity index (χ3n) is 10.7. The summed E-state index contributed by atoms with van der Waals surface area (Å²) in [4.78, 5) is 0. The number of benzene rings is 7. The smallest absolute Gasteiger partial charge is 0.0340 e. The Hall–Kier alpha value is -5.54. The van der Waals surface area contributed by atoms with Crippen molar-refractivity contribution in [1.29, 1.82) is 0 Å². The molecule has 0 saturated carbocycles. The molecule has 2 atom stereocenters. The first-order chi connectivity index (χ1) is 27.8. The molecule has 0 aromatic heterocycles. The van der Waals surface area contributed by atoms with Crippen molar-refractivity contribution in [2.75, 3.05) is 0 Å². The predicted molar refractivity (Wildman–Crippen MR) is 246 cm³/mol. The molecule has 0 radical (unpaired) electrons. The van der Waals surface area contributed by atoms with E-state index in [2.05, 4.69) is 182 Å². The van der Waals surface area contributed by atoms with Crippen molar-refractivity contribution >= 4 is 16.8 Å². The van der Waals surface area contributed by atoms with Crippen LogP contribution in [0.4, 0.5) is 0 Å². The van der Waals surface area contributed by atoms with Gasteiger partial charge in [-0.2, -0.15) is 0 Å². The first-order valence-corrected chi connectivity index (χ1v) is 20.8. The minimum Gasteiger partial charge on any atom is -0.274 e. The van der Waals surface area contributed by atoms with Gasteiger partial charge in [-0.25, -0.2) is 0 Å². The van der Waals surface area contributed by atoms with Crippen molar-refractivity contribution in [3.8, 4) is 33.4 Å². The second-order valence-electron chi connectivity index (χ2n) is 13.4. The molecular formula is C54H60N2. The lowest BCUT2D eigenvalue weighted by atomic mass is 9.82. The Morgan fingerprint density at radius 3 is 1.75 bits per heavy atom. The van der Waals surface area contributed by atoms with Gasteiger partial charge in [-0.1, -0.05) is 206 Å². The zero-order chi connectivity index (χ0) is 40.0. The normalized spacial score (nSPS) is 13.4. The first-order valence-electron chi connectivity index (χ1n) is 20.8. The lowest BCUT2D eigenvalue weighted by Crippen LogP contribution is -2.03. The van der Waals surface area contributed by atoms with Crippen molar-refractivity contribution in [3.05, 3.63) is 197 Å². The molecule has 4 N–H and O–H groups in total. The van der Waals surface area contributed by atoms with E-state index in [1.807, 2.05) is 41.5 Å². The molecule has 2 heteroatoms. The highest BCUT2D eigenvalue weighted by Crippen LogP contribution is 2.54. The highest BCUT2D eigenvalue weighted by molar-refractivity contribution is 6.04. The summed E-state index contributed by atoms with van der Waals surface area (Å²) < 4.78 is 0. The fourth-order valence-corrected chi connectivity index (χ4v) is 8.55. The van der Waals surface area contributed by atoms with E-state index < -0.39 is 0 Å². The Morgan fingerprint density at radius 1 is 0.536 bits per heavy atom. The van der Waals surface area contributed by atoms with E-state index in [9.17, 15) is 0 Å². The molecule has 0 bridgehead atoms. The first kappa shape index (κ1) is 41.6. The zero-order valence-corrected chi connectivity index (χ0v) is 34.5. The van der Waals surface area contributed by atoms with Crippen molar-refractivity contribution in [2.45, 2.75) is 79.6 Å². The van der Waals surface area contributed by atoms with E-state index in [0.29, 0.717) is 5.92 Å². The molecule has 0 aliphatic heterocycles. The van der Waals surface area contributed by atoms with Gasteiger partial charge in [0.15, 0.2) is 0 Å². The topological polar surface area (TPSA) is 52.0 Å². The Morgan fingerprint density at radius 2 is 1.07 bits per heavy atom. The van der Waals surface area contributed by atoms with Gasteiger partial charge >= 0.3 is 0 Å². The summed E-state index contributed by atoms with van der Waals surface area (Å²) in [5, 5.41) is 2.83. The average Bonchev–Trinajstić information content (AvgIpc) is 3.64. The Labute approximate surface area is 336 Å². The minimum absolute atomic E-state index is 0.140. The van der Waals surface area contributed by atoms with E-state index in [4.69, 9.17) is 0 Å². The molecule has 9 rings (SSSR count). The zero-order valence-electron chi connectivity index (χ0n) is 34.5. The fraction of sp³-hybridized carbons (Fsp3) is 0.222. The number of nitrogens with two attached hydrogens (primary N) is 2. The summed E-state index contributed by atoms with van der Waals surface area (Å²) in [5.74, 6) is 8.57. The molecule has 56 heavy (non-hydrogen) atoms. The summed E-state index contributed by atoms with van der Waals surface area (Å²) in [6.07, 6.45) is 8.06. The van der Waals surface area contributed by atoms with Crippen molar-refractivity contribution < 1.29 is 0 Å². The number of hydrazine groups is 1. The van der Waals surface area contributed by atoms with Crippen LogP contribution in [0.25, 0.3) is 50.2 Å². The quantitative estimate of drug-likeness (QED) is 0.101. The molecule has 0 saturated heterocycles. The van der Waals surface area contributed by atoms with Gasteiger partial charge in [0.2, 0.25) is 0 Å². The second-order valence-corrected chi connectivity index (χ2v) is 13.4. The molecule has 2 aliphatic carbocycles. The van der Waals surface area contributed by atoms with Gasteiger partial charge < -0.3 is 0 Å². The molecule has 7 aromatic carbocycles. The number of hydrogen-bond donors (Lipinski definition) is 2. The monoisotopic (exact) mass is 736 g/mol. The summed E-state index contributed by atoms with van der Waals surface area (Å²) in [6, 6.07) is 56.4. The van der Waals surface area contributed by atoms with Crippen molar-refractivity contribution in [1.82, 2.24) is 0 Å². The summed E-state index contributed by atoms with van der Waals surface area (Å²) >= 11 is 0. The van der Waals surface area contributed by atoms with Crippen LogP contribution in [0.5, 0.6) is 0 Å². The molecule has 286 valence electrons. The Kier molecular flexibility index (Phi) is 15.2. The van der Waals surface area contributed by atoms with Crippen LogP contribution in [0.15, 0.2) is 158 Å². The number of rotatable bonds is 6. The van der Waals surface area contributed by atoms with Crippen LogP contribution in [0.3, 0.4) is 0 Å². The van der Waals surface area contributed by atoms with E-state index in [1.165, 1.54) is 77.5 Å². The minimum atomic E-state index is 0.140. The molecule has 2 unspecified atom stereocenters. The molecule has 2 aliphatic rings. The summed E-state index contributed by atoms with van der Waals surface area (Å²) in [7, 11) is 0. The number of hydrogen-bond acceptors (Lipinski definition) is 2. The third-order valence-corrected chi connectivity index (χ3v) is 10.7. The Balaban J connectivity index is 0.000000707. The molecule has 7 aromatic rings. The van der Waals surface area contributed by atoms with Crippen LogP contribution < -0.4 is 11.7 Å². The van der Waals surface area contributed by atoms with Crippen LogP contribution in [0.1, 0.15) is 112 Å². The van der Waals surface area contributed by atoms with Crippen LogP contribution in [0.2, 0.25) is 0 Å². The van der Waals surface area contributed by atoms with Gasteiger partial charge in [-0.15, -0.1) is 0 Å². The number of allylic oxidation sites excluding steroid dienone is 1. The molecule has 2 nitrogen and oxygen atoms in total. The van der Waals surface area contributed by atoms with Crippen molar-refractivity contribution in [2.24, 2.45) is 11.7 Å². The van der Waals surface area contributed by atoms with Crippen LogP contribution in [-0.4, -0.2) is 0 Å². The summed E-state index contributed by atoms with van der Waals surface area (Å²) in [6.45, 7) is 14.4. The number of fused-ring (bicyclic) bond motifs is 8. The SMILES string of the molecule is CC.CC.CC.CCC1c2ccc(-c3cccc(C(c4ccccc4)c4ccc(-c5ccccc5)cc4)c3)cc2-c2c3c(c4ccccc4c21)C=CCC3.NN. The van der Waals surface area contributed by atoms with E-state index in [-0.39, 0.29) is 5.92 Å². The maximum Gasteiger partial charge on any atom is 0.0340 e. The van der Waals surface area contributed by atoms with Gasteiger partial charge in [0.05, 0.1) is 0 Å². The lowest BCUT2D eigenvalue weighted by Gasteiger charge is -2.21. The summed E-state index contributed by atoms with van der Waals surface area (Å²) in [5.41, 5.74) is 17.9. The molecule has 0 amide bonds. The molecular weight excluding hydrogens is 677 g/mol. The third kappa shape index (κ3) is 8.19. The van der Waals surface area contributed by atoms with Gasteiger partial charge in [0.25, 0.3) is 0 Å². The maximum absolute atomic E-state index is 4.00. The lowest BCUT2D eigenvalue weighted by molar-refractivity contribution is 0.802. The average molecular weight is 737 g/mol. The predicted octanol–water partition coefficient (Wildman–Crippen LogP) is 14.7. The van der Waals surface area contributed by atoms with Crippen LogP contribution >= 0.6 is 0 Å². The van der Waals surface area contributed by atoms with Crippen LogP contribution in [0, 0.1) is 0 Å².